The topological polar surface area (TPSA) is 82.1 Å². The lowest BCUT2D eigenvalue weighted by Gasteiger charge is -2.35. The zero-order valence-corrected chi connectivity index (χ0v) is 15.9. The van der Waals surface area contributed by atoms with Gasteiger partial charge in [0.2, 0.25) is 0 Å². The molecule has 3 atom stereocenters. The van der Waals surface area contributed by atoms with E-state index < -0.39 is 10.4 Å². The van der Waals surface area contributed by atoms with Gasteiger partial charge in [-0.15, -0.1) is 0 Å². The minimum absolute atomic E-state index is 0.157. The summed E-state index contributed by atoms with van der Waals surface area (Å²) < 4.78 is 46.3. The molecule has 0 spiro atoms. The van der Waals surface area contributed by atoms with Crippen molar-refractivity contribution in [3.63, 3.8) is 0 Å². The molecule has 6 nitrogen and oxygen atoms in total. The zero-order chi connectivity index (χ0) is 17.8. The zero-order valence-electron chi connectivity index (χ0n) is 15.1. The maximum absolute atomic E-state index is 10.7. The quantitative estimate of drug-likeness (QED) is 0.390. The molecule has 0 aromatic heterocycles. The molecule has 1 saturated heterocycles. The fourth-order valence-electron chi connectivity index (χ4n) is 3.05. The Hall–Kier alpha value is -0.210. The maximum Gasteiger partial charge on any atom is 0.397 e. The van der Waals surface area contributed by atoms with E-state index in [4.69, 9.17) is 14.0 Å². The highest BCUT2D eigenvalue weighted by atomic mass is 32.3. The standard InChI is InChI=1S/C17H34O6S/c1-3-5-7-9-11-15(10-8-6-4-2)17-21-13-12-16(23-17)14-22-24(18,19)20/h15-17H,3-14H2,1-2H3,(H,18,19,20). The van der Waals surface area contributed by atoms with Crippen LogP contribution in [0.3, 0.4) is 0 Å². The van der Waals surface area contributed by atoms with Crippen molar-refractivity contribution >= 4 is 10.4 Å². The first-order valence-electron chi connectivity index (χ1n) is 9.35. The van der Waals surface area contributed by atoms with Crippen molar-refractivity contribution in [2.24, 2.45) is 5.92 Å². The minimum atomic E-state index is -4.42. The van der Waals surface area contributed by atoms with E-state index in [-0.39, 0.29) is 19.0 Å². The van der Waals surface area contributed by atoms with Gasteiger partial charge < -0.3 is 9.47 Å². The van der Waals surface area contributed by atoms with Crippen LogP contribution in [-0.4, -0.2) is 38.6 Å². The average Bonchev–Trinajstić information content (AvgIpc) is 2.55. The van der Waals surface area contributed by atoms with Gasteiger partial charge in [-0.3, -0.25) is 4.55 Å². The van der Waals surface area contributed by atoms with Crippen LogP contribution in [0.5, 0.6) is 0 Å². The van der Waals surface area contributed by atoms with Crippen LogP contribution in [0.25, 0.3) is 0 Å². The first-order chi connectivity index (χ1) is 11.5. The predicted octanol–water partition coefficient (Wildman–Crippen LogP) is 4.10. The SMILES string of the molecule is CCCCCCC(CCCCC)C1OCCC(COS(=O)(=O)O)O1. The molecule has 0 radical (unpaired) electrons. The molecule has 0 bridgehead atoms. The summed E-state index contributed by atoms with van der Waals surface area (Å²) in [6.45, 7) is 4.76. The fourth-order valence-corrected chi connectivity index (χ4v) is 3.37. The molecule has 144 valence electrons. The Morgan fingerprint density at radius 2 is 1.71 bits per heavy atom. The summed E-state index contributed by atoms with van der Waals surface area (Å²) >= 11 is 0. The molecule has 0 aromatic carbocycles. The van der Waals surface area contributed by atoms with Crippen molar-refractivity contribution < 1.29 is 26.6 Å². The minimum Gasteiger partial charge on any atom is -0.352 e. The van der Waals surface area contributed by atoms with Gasteiger partial charge in [0.1, 0.15) is 0 Å². The van der Waals surface area contributed by atoms with Crippen LogP contribution in [0.4, 0.5) is 0 Å². The van der Waals surface area contributed by atoms with Gasteiger partial charge in [-0.1, -0.05) is 58.8 Å². The third kappa shape index (κ3) is 9.93. The van der Waals surface area contributed by atoms with Crippen LogP contribution in [0.15, 0.2) is 0 Å². The predicted molar refractivity (Wildman–Crippen MR) is 93.1 cm³/mol. The Kier molecular flexibility index (Phi) is 11.1. The molecule has 1 rings (SSSR count). The van der Waals surface area contributed by atoms with E-state index in [1.807, 2.05) is 0 Å². The molecule has 0 amide bonds. The van der Waals surface area contributed by atoms with Gasteiger partial charge in [0.25, 0.3) is 0 Å². The van der Waals surface area contributed by atoms with E-state index in [1.54, 1.807) is 0 Å². The summed E-state index contributed by atoms with van der Waals surface area (Å²) in [5.41, 5.74) is 0. The van der Waals surface area contributed by atoms with Gasteiger partial charge in [-0.2, -0.15) is 8.42 Å². The van der Waals surface area contributed by atoms with E-state index in [0.29, 0.717) is 18.9 Å². The maximum atomic E-state index is 10.7. The molecule has 1 aliphatic heterocycles. The molecule has 1 N–H and O–H groups in total. The second-order valence-corrected chi connectivity index (χ2v) is 7.69. The van der Waals surface area contributed by atoms with Crippen molar-refractivity contribution in [1.82, 2.24) is 0 Å². The van der Waals surface area contributed by atoms with Gasteiger partial charge >= 0.3 is 10.4 Å². The Morgan fingerprint density at radius 1 is 1.08 bits per heavy atom. The van der Waals surface area contributed by atoms with Gasteiger partial charge in [-0.25, -0.2) is 4.18 Å². The van der Waals surface area contributed by atoms with Crippen molar-refractivity contribution in [2.75, 3.05) is 13.2 Å². The van der Waals surface area contributed by atoms with Crippen LogP contribution in [-0.2, 0) is 24.1 Å². The molecular formula is C17H34O6S. The van der Waals surface area contributed by atoms with Gasteiger partial charge in [0, 0.05) is 5.92 Å². The summed E-state index contributed by atoms with van der Waals surface area (Å²) in [6, 6.07) is 0. The van der Waals surface area contributed by atoms with E-state index in [9.17, 15) is 8.42 Å². The lowest BCUT2D eigenvalue weighted by Crippen LogP contribution is -2.39. The molecule has 7 heteroatoms. The summed E-state index contributed by atoms with van der Waals surface area (Å²) in [4.78, 5) is 0. The highest BCUT2D eigenvalue weighted by Gasteiger charge is 2.30. The lowest BCUT2D eigenvalue weighted by atomic mass is 9.93. The Labute approximate surface area is 147 Å². The second-order valence-electron chi connectivity index (χ2n) is 6.60. The molecule has 24 heavy (non-hydrogen) atoms. The van der Waals surface area contributed by atoms with Crippen molar-refractivity contribution in [2.45, 2.75) is 90.4 Å². The summed E-state index contributed by atoms with van der Waals surface area (Å²) in [5, 5.41) is 0. The third-order valence-electron chi connectivity index (χ3n) is 4.44. The van der Waals surface area contributed by atoms with Crippen LogP contribution < -0.4 is 0 Å². The lowest BCUT2D eigenvalue weighted by molar-refractivity contribution is -0.242. The van der Waals surface area contributed by atoms with E-state index in [1.165, 1.54) is 38.5 Å². The van der Waals surface area contributed by atoms with Crippen LogP contribution in [0, 0.1) is 5.92 Å². The highest BCUT2D eigenvalue weighted by molar-refractivity contribution is 7.80. The normalized spacial score (nSPS) is 23.3. The van der Waals surface area contributed by atoms with Crippen molar-refractivity contribution in [1.29, 1.82) is 0 Å². The molecular weight excluding hydrogens is 332 g/mol. The summed E-state index contributed by atoms with van der Waals surface area (Å²) in [7, 11) is -4.42. The largest absolute Gasteiger partial charge is 0.397 e. The fraction of sp³-hybridized carbons (Fsp3) is 1.00. The van der Waals surface area contributed by atoms with E-state index in [0.717, 1.165) is 19.3 Å². The van der Waals surface area contributed by atoms with Gasteiger partial charge in [0.15, 0.2) is 6.29 Å². The first-order valence-corrected chi connectivity index (χ1v) is 10.7. The first kappa shape index (κ1) is 21.8. The number of ether oxygens (including phenoxy) is 2. The number of hydrogen-bond acceptors (Lipinski definition) is 5. The molecule has 3 unspecified atom stereocenters. The molecule has 0 saturated carbocycles. The average molecular weight is 367 g/mol. The van der Waals surface area contributed by atoms with Crippen LogP contribution >= 0.6 is 0 Å². The molecule has 0 aliphatic carbocycles. The van der Waals surface area contributed by atoms with Gasteiger partial charge in [0.05, 0.1) is 19.3 Å². The highest BCUT2D eigenvalue weighted by Crippen LogP contribution is 2.28. The smallest absolute Gasteiger partial charge is 0.352 e. The molecule has 0 aromatic rings. The summed E-state index contributed by atoms with van der Waals surface area (Å²) in [6.07, 6.45) is 10.5. The molecule has 1 heterocycles. The Bertz CT molecular complexity index is 411. The monoisotopic (exact) mass is 366 g/mol. The summed E-state index contributed by atoms with van der Waals surface area (Å²) in [5.74, 6) is 0.335. The molecule has 1 fully saturated rings. The van der Waals surface area contributed by atoms with Crippen molar-refractivity contribution in [3.8, 4) is 0 Å². The number of hydrogen-bond donors (Lipinski definition) is 1. The van der Waals surface area contributed by atoms with E-state index in [2.05, 4.69) is 18.0 Å². The number of rotatable bonds is 13. The van der Waals surface area contributed by atoms with Gasteiger partial charge in [-0.05, 0) is 19.3 Å². The number of unbranched alkanes of at least 4 members (excludes halogenated alkanes) is 5. The Morgan fingerprint density at radius 3 is 2.33 bits per heavy atom. The van der Waals surface area contributed by atoms with Crippen LogP contribution in [0.2, 0.25) is 0 Å². The van der Waals surface area contributed by atoms with Crippen LogP contribution in [0.1, 0.15) is 78.1 Å². The van der Waals surface area contributed by atoms with Crippen molar-refractivity contribution in [3.05, 3.63) is 0 Å². The second kappa shape index (κ2) is 12.2. The third-order valence-corrected chi connectivity index (χ3v) is 4.88. The Balaban J connectivity index is 2.48. The molecule has 1 aliphatic rings. The van der Waals surface area contributed by atoms with E-state index >= 15 is 0 Å².